The van der Waals surface area contributed by atoms with Crippen LogP contribution in [0.4, 0.5) is 17.1 Å². The maximum Gasteiger partial charge on any atom is 0.0633 e. The minimum Gasteiger partial charge on any atom is -0.397 e. The Labute approximate surface area is 128 Å². The van der Waals surface area contributed by atoms with Gasteiger partial charge in [-0.3, -0.25) is 0 Å². The Balaban J connectivity index is 2.19. The van der Waals surface area contributed by atoms with Crippen molar-refractivity contribution in [2.75, 3.05) is 17.7 Å². The quantitative estimate of drug-likeness (QED) is 0.579. The van der Waals surface area contributed by atoms with Crippen molar-refractivity contribution in [1.82, 2.24) is 0 Å². The van der Waals surface area contributed by atoms with E-state index in [1.54, 1.807) is 12.1 Å². The largest absolute Gasteiger partial charge is 0.397 e. The fraction of sp³-hybridized carbons (Fsp3) is 0.200. The van der Waals surface area contributed by atoms with E-state index in [0.717, 1.165) is 22.5 Å². The molecule has 0 fully saturated rings. The van der Waals surface area contributed by atoms with Gasteiger partial charge in [-0.2, -0.15) is 0 Å². The lowest BCUT2D eigenvalue weighted by Gasteiger charge is -2.12. The van der Waals surface area contributed by atoms with Gasteiger partial charge in [0.05, 0.1) is 11.4 Å². The first kappa shape index (κ1) is 15.0. The third-order valence-electron chi connectivity index (χ3n) is 3.00. The van der Waals surface area contributed by atoms with E-state index in [9.17, 15) is 0 Å². The molecule has 0 unspecified atom stereocenters. The van der Waals surface area contributed by atoms with Gasteiger partial charge in [-0.05, 0) is 41.8 Å². The predicted octanol–water partition coefficient (Wildman–Crippen LogP) is 3.94. The molecule has 0 saturated heterocycles. The van der Waals surface area contributed by atoms with Crippen molar-refractivity contribution in [3.63, 3.8) is 0 Å². The molecule has 0 spiro atoms. The zero-order valence-electron chi connectivity index (χ0n) is 10.9. The van der Waals surface area contributed by atoms with Gasteiger partial charge < -0.3 is 16.2 Å². The number of alkyl halides is 1. The van der Waals surface area contributed by atoms with Gasteiger partial charge in [-0.25, -0.2) is 0 Å². The second-order valence-corrected chi connectivity index (χ2v) is 5.13. The molecule has 0 saturated carbocycles. The number of nitrogens with one attached hydrogen (secondary N) is 1. The van der Waals surface area contributed by atoms with Gasteiger partial charge >= 0.3 is 0 Å². The molecule has 0 aliphatic carbocycles. The lowest BCUT2D eigenvalue weighted by molar-refractivity contribution is 0.299. The Morgan fingerprint density at radius 2 is 1.85 bits per heavy atom. The minimum atomic E-state index is 0.148. The summed E-state index contributed by atoms with van der Waals surface area (Å²) in [5.41, 5.74) is 10.1. The van der Waals surface area contributed by atoms with E-state index in [1.165, 1.54) is 0 Å². The number of hydrogen-bond acceptors (Lipinski definition) is 3. The number of rotatable bonds is 5. The number of nitrogens with two attached hydrogens (primary N) is 1. The minimum absolute atomic E-state index is 0.148. The zero-order chi connectivity index (χ0) is 14.5. The van der Waals surface area contributed by atoms with Gasteiger partial charge in [-0.15, -0.1) is 11.6 Å². The summed E-state index contributed by atoms with van der Waals surface area (Å²) in [6.07, 6.45) is 0.651. The summed E-state index contributed by atoms with van der Waals surface area (Å²) in [4.78, 5) is 0. The first-order valence-corrected chi connectivity index (χ1v) is 7.16. The normalized spacial score (nSPS) is 10.6. The first-order chi connectivity index (χ1) is 9.63. The van der Waals surface area contributed by atoms with Crippen molar-refractivity contribution in [2.24, 2.45) is 0 Å². The molecular weight excluding hydrogens is 295 g/mol. The summed E-state index contributed by atoms with van der Waals surface area (Å²) in [6.45, 7) is 0.148. The third kappa shape index (κ3) is 3.57. The van der Waals surface area contributed by atoms with Crippen LogP contribution in [0, 0.1) is 0 Å². The second-order valence-electron chi connectivity index (χ2n) is 4.46. The Morgan fingerprint density at radius 3 is 2.45 bits per heavy atom. The van der Waals surface area contributed by atoms with Gasteiger partial charge in [0.2, 0.25) is 0 Å². The van der Waals surface area contributed by atoms with Crippen molar-refractivity contribution in [3.05, 3.63) is 52.5 Å². The van der Waals surface area contributed by atoms with Crippen LogP contribution in [0.15, 0.2) is 36.4 Å². The van der Waals surface area contributed by atoms with E-state index in [1.807, 2.05) is 24.3 Å². The highest BCUT2D eigenvalue weighted by Crippen LogP contribution is 2.30. The number of halogens is 2. The van der Waals surface area contributed by atoms with Gasteiger partial charge in [0.15, 0.2) is 0 Å². The highest BCUT2D eigenvalue weighted by molar-refractivity contribution is 6.32. The lowest BCUT2D eigenvalue weighted by atomic mass is 10.1. The van der Waals surface area contributed by atoms with Crippen LogP contribution in [0.25, 0.3) is 0 Å². The van der Waals surface area contributed by atoms with E-state index < -0.39 is 0 Å². The summed E-state index contributed by atoms with van der Waals surface area (Å²) >= 11 is 11.9. The molecule has 0 aliphatic heterocycles. The highest BCUT2D eigenvalue weighted by Gasteiger charge is 2.06. The van der Waals surface area contributed by atoms with E-state index in [0.29, 0.717) is 23.0 Å². The molecule has 0 atom stereocenters. The van der Waals surface area contributed by atoms with Crippen LogP contribution in [-0.2, 0) is 12.3 Å². The molecule has 106 valence electrons. The summed E-state index contributed by atoms with van der Waals surface area (Å²) < 4.78 is 0. The van der Waals surface area contributed by atoms with Gasteiger partial charge in [-0.1, -0.05) is 23.7 Å². The van der Waals surface area contributed by atoms with Crippen LogP contribution < -0.4 is 11.1 Å². The second kappa shape index (κ2) is 6.84. The molecule has 2 aromatic rings. The SMILES string of the molecule is Nc1cc(CCl)c(Cl)cc1Nc1ccc(CCO)cc1. The number of aliphatic hydroxyl groups excluding tert-OH is 1. The molecule has 0 radical (unpaired) electrons. The van der Waals surface area contributed by atoms with Crippen LogP contribution in [0.3, 0.4) is 0 Å². The smallest absolute Gasteiger partial charge is 0.0633 e. The van der Waals surface area contributed by atoms with Crippen LogP contribution in [-0.4, -0.2) is 11.7 Å². The molecule has 5 heteroatoms. The van der Waals surface area contributed by atoms with E-state index in [4.69, 9.17) is 34.0 Å². The Kier molecular flexibility index (Phi) is 5.12. The molecule has 20 heavy (non-hydrogen) atoms. The number of hydrogen-bond donors (Lipinski definition) is 3. The van der Waals surface area contributed by atoms with E-state index in [-0.39, 0.29) is 6.61 Å². The Hall–Kier alpha value is -1.42. The third-order valence-corrected chi connectivity index (χ3v) is 3.64. The van der Waals surface area contributed by atoms with Gasteiger partial charge in [0.25, 0.3) is 0 Å². The average Bonchev–Trinajstić information content (AvgIpc) is 2.45. The van der Waals surface area contributed by atoms with Crippen molar-refractivity contribution < 1.29 is 5.11 Å². The maximum atomic E-state index is 8.88. The first-order valence-electron chi connectivity index (χ1n) is 6.24. The number of benzene rings is 2. The molecule has 3 nitrogen and oxygen atoms in total. The number of nitrogen functional groups attached to an aromatic ring is 1. The molecule has 0 bridgehead atoms. The fourth-order valence-corrected chi connectivity index (χ4v) is 2.41. The van der Waals surface area contributed by atoms with Crippen LogP contribution in [0.1, 0.15) is 11.1 Å². The van der Waals surface area contributed by atoms with Crippen LogP contribution in [0.5, 0.6) is 0 Å². The zero-order valence-corrected chi connectivity index (χ0v) is 12.4. The predicted molar refractivity (Wildman–Crippen MR) is 85.9 cm³/mol. The van der Waals surface area contributed by atoms with Gasteiger partial charge in [0.1, 0.15) is 0 Å². The van der Waals surface area contributed by atoms with E-state index >= 15 is 0 Å². The van der Waals surface area contributed by atoms with Crippen LogP contribution >= 0.6 is 23.2 Å². The topological polar surface area (TPSA) is 58.3 Å². The molecule has 4 N–H and O–H groups in total. The highest BCUT2D eigenvalue weighted by atomic mass is 35.5. The molecule has 0 heterocycles. The molecule has 2 rings (SSSR count). The monoisotopic (exact) mass is 310 g/mol. The molecular formula is C15H16Cl2N2O. The molecule has 0 amide bonds. The van der Waals surface area contributed by atoms with Crippen molar-refractivity contribution >= 4 is 40.3 Å². The van der Waals surface area contributed by atoms with Crippen LogP contribution in [0.2, 0.25) is 5.02 Å². The standard InChI is InChI=1S/C15H16Cl2N2O/c16-9-11-7-14(18)15(8-13(11)17)19-12-3-1-10(2-4-12)5-6-20/h1-4,7-8,19-20H,5-6,9,18H2. The van der Waals surface area contributed by atoms with Crippen molar-refractivity contribution in [2.45, 2.75) is 12.3 Å². The average molecular weight is 311 g/mol. The summed E-state index contributed by atoms with van der Waals surface area (Å²) in [7, 11) is 0. The molecule has 2 aromatic carbocycles. The number of anilines is 3. The maximum absolute atomic E-state index is 8.88. The Bertz CT molecular complexity index is 585. The Morgan fingerprint density at radius 1 is 1.15 bits per heavy atom. The summed E-state index contributed by atoms with van der Waals surface area (Å²) in [5, 5.41) is 12.7. The molecule has 0 aromatic heterocycles. The van der Waals surface area contributed by atoms with Crippen molar-refractivity contribution in [3.8, 4) is 0 Å². The van der Waals surface area contributed by atoms with E-state index in [2.05, 4.69) is 5.32 Å². The molecule has 0 aliphatic rings. The van der Waals surface area contributed by atoms with Gasteiger partial charge in [0, 0.05) is 23.2 Å². The summed E-state index contributed by atoms with van der Waals surface area (Å²) in [5.74, 6) is 0.333. The van der Waals surface area contributed by atoms with Crippen molar-refractivity contribution in [1.29, 1.82) is 0 Å². The fourth-order valence-electron chi connectivity index (χ4n) is 1.89. The lowest BCUT2D eigenvalue weighted by Crippen LogP contribution is -1.98. The number of aliphatic hydroxyl groups is 1. The summed E-state index contributed by atoms with van der Waals surface area (Å²) in [6, 6.07) is 11.3.